The molecule has 1 N–H and O–H groups in total. The Morgan fingerprint density at radius 3 is 1.92 bits per heavy atom. The van der Waals surface area contributed by atoms with E-state index in [9.17, 15) is 4.79 Å². The Kier molecular flexibility index (Phi) is 15.1. The second kappa shape index (κ2) is 15.7. The van der Waals surface area contributed by atoms with Crippen molar-refractivity contribution in [3.8, 4) is 0 Å². The molecule has 1 unspecified atom stereocenters. The van der Waals surface area contributed by atoms with Crippen molar-refractivity contribution in [3.63, 3.8) is 0 Å². The first-order valence-electron chi connectivity index (χ1n) is 10.2. The first-order chi connectivity index (χ1) is 11.6. The van der Waals surface area contributed by atoms with Crippen LogP contribution in [-0.2, 0) is 4.79 Å². The van der Waals surface area contributed by atoms with Gasteiger partial charge >= 0.3 is 0 Å². The lowest BCUT2D eigenvalue weighted by atomic mass is 10.1. The van der Waals surface area contributed by atoms with Crippen molar-refractivity contribution < 1.29 is 4.79 Å². The van der Waals surface area contributed by atoms with Crippen LogP contribution in [0.1, 0.15) is 98.3 Å². The molecule has 0 fully saturated rings. The second-order valence-corrected chi connectivity index (χ2v) is 6.95. The molecule has 24 heavy (non-hydrogen) atoms. The van der Waals surface area contributed by atoms with Crippen LogP contribution in [0.25, 0.3) is 0 Å². The molecule has 0 aliphatic rings. The van der Waals surface area contributed by atoms with Crippen LogP contribution in [0.2, 0.25) is 0 Å². The molecular weight excluding hydrogens is 296 g/mol. The quantitative estimate of drug-likeness (QED) is 0.237. The fourth-order valence-corrected chi connectivity index (χ4v) is 2.98. The van der Waals surface area contributed by atoms with Gasteiger partial charge in [0.2, 0.25) is 5.91 Å². The zero-order valence-corrected chi connectivity index (χ0v) is 17.0. The van der Waals surface area contributed by atoms with E-state index in [-0.39, 0.29) is 12.1 Å². The minimum Gasteiger partial charge on any atom is -0.326 e. The number of unbranched alkanes of at least 4 members (excludes halogenated alkanes) is 9. The van der Waals surface area contributed by atoms with Crippen LogP contribution < -0.4 is 5.32 Å². The summed E-state index contributed by atoms with van der Waals surface area (Å²) >= 11 is 0. The number of rotatable bonds is 15. The largest absolute Gasteiger partial charge is 0.326 e. The summed E-state index contributed by atoms with van der Waals surface area (Å²) in [6.07, 6.45) is 16.6. The molecule has 0 saturated heterocycles. The third kappa shape index (κ3) is 10.9. The molecule has 0 bridgehead atoms. The molecule has 0 aliphatic carbocycles. The van der Waals surface area contributed by atoms with Crippen LogP contribution in [0.5, 0.6) is 0 Å². The number of carbonyl (C=O) groups excluding carboxylic acids is 1. The number of nitrogens with zero attached hydrogens (tertiary/aromatic N) is 1. The molecule has 0 heterocycles. The summed E-state index contributed by atoms with van der Waals surface area (Å²) in [5.74, 6) is 0.125. The highest BCUT2D eigenvalue weighted by atomic mass is 16.2. The van der Waals surface area contributed by atoms with Crippen LogP contribution in [0.4, 0.5) is 0 Å². The molecule has 3 heteroatoms. The average molecular weight is 339 g/mol. The average Bonchev–Trinajstić information content (AvgIpc) is 2.61. The van der Waals surface area contributed by atoms with Gasteiger partial charge in [0.1, 0.15) is 0 Å². The molecule has 0 radical (unpaired) electrons. The summed E-state index contributed by atoms with van der Waals surface area (Å²) in [6, 6.07) is 0. The molecule has 0 aliphatic heterocycles. The molecule has 142 valence electrons. The first kappa shape index (κ1) is 23.2. The van der Waals surface area contributed by atoms with Crippen LogP contribution >= 0.6 is 0 Å². The van der Waals surface area contributed by atoms with E-state index in [0.29, 0.717) is 0 Å². The van der Waals surface area contributed by atoms with E-state index >= 15 is 0 Å². The van der Waals surface area contributed by atoms with E-state index < -0.39 is 0 Å². The predicted octanol–water partition coefficient (Wildman–Crippen LogP) is 5.66. The molecule has 3 nitrogen and oxygen atoms in total. The van der Waals surface area contributed by atoms with Crippen LogP contribution in [-0.4, -0.2) is 30.6 Å². The van der Waals surface area contributed by atoms with Crippen molar-refractivity contribution in [1.82, 2.24) is 10.2 Å². The summed E-state index contributed by atoms with van der Waals surface area (Å²) in [5, 5.41) is 3.53. The van der Waals surface area contributed by atoms with Crippen molar-refractivity contribution in [3.05, 3.63) is 11.6 Å². The topological polar surface area (TPSA) is 32.3 Å². The van der Waals surface area contributed by atoms with E-state index in [0.717, 1.165) is 18.5 Å². The lowest BCUT2D eigenvalue weighted by Crippen LogP contribution is -2.46. The first-order valence-corrected chi connectivity index (χ1v) is 10.2. The number of hydrogen-bond acceptors (Lipinski definition) is 2. The van der Waals surface area contributed by atoms with E-state index in [2.05, 4.69) is 19.2 Å². The molecule has 0 aromatic heterocycles. The second-order valence-electron chi connectivity index (χ2n) is 6.95. The zero-order chi connectivity index (χ0) is 18.2. The number of hydrogen-bond donors (Lipinski definition) is 1. The number of carbonyl (C=O) groups is 1. The molecule has 1 amide bonds. The Hall–Kier alpha value is -0.830. The smallest absolute Gasteiger partial charge is 0.250 e. The van der Waals surface area contributed by atoms with Gasteiger partial charge in [0.05, 0.1) is 6.17 Å². The highest BCUT2D eigenvalue weighted by Gasteiger charge is 2.18. The Morgan fingerprint density at radius 1 is 0.958 bits per heavy atom. The molecular formula is C21H42N2O. The Morgan fingerprint density at radius 2 is 1.46 bits per heavy atom. The third-order valence-corrected chi connectivity index (χ3v) is 4.86. The van der Waals surface area contributed by atoms with E-state index in [1.807, 2.05) is 31.9 Å². The van der Waals surface area contributed by atoms with Gasteiger partial charge in [-0.3, -0.25) is 10.1 Å². The molecule has 0 aromatic carbocycles. The monoisotopic (exact) mass is 338 g/mol. The highest BCUT2D eigenvalue weighted by Crippen LogP contribution is 2.10. The fourth-order valence-electron chi connectivity index (χ4n) is 2.98. The predicted molar refractivity (Wildman–Crippen MR) is 106 cm³/mol. The van der Waals surface area contributed by atoms with Gasteiger partial charge in [0.25, 0.3) is 0 Å². The summed E-state index contributed by atoms with van der Waals surface area (Å²) in [5.41, 5.74) is 0.816. The van der Waals surface area contributed by atoms with Crippen molar-refractivity contribution in [2.75, 3.05) is 13.6 Å². The van der Waals surface area contributed by atoms with E-state index in [1.165, 1.54) is 64.2 Å². The molecule has 0 rings (SSSR count). The van der Waals surface area contributed by atoms with Crippen LogP contribution in [0.3, 0.4) is 0 Å². The van der Waals surface area contributed by atoms with Gasteiger partial charge in [0, 0.05) is 12.6 Å². The summed E-state index contributed by atoms with van der Waals surface area (Å²) in [7, 11) is 1.90. The number of amides is 1. The molecule has 0 spiro atoms. The summed E-state index contributed by atoms with van der Waals surface area (Å²) in [6.45, 7) is 9.20. The summed E-state index contributed by atoms with van der Waals surface area (Å²) < 4.78 is 0. The Balaban J connectivity index is 3.68. The van der Waals surface area contributed by atoms with Gasteiger partial charge in [-0.25, -0.2) is 0 Å². The van der Waals surface area contributed by atoms with Crippen LogP contribution in [0, 0.1) is 0 Å². The Labute approximate surface area is 151 Å². The minimum absolute atomic E-state index is 0.125. The Bertz CT molecular complexity index is 339. The standard InChI is InChI=1S/C21H42N2O/c1-6-9-10-11-12-13-14-15-16-17-18-22-20(8-3)23(5)21(24)19(4)7-2/h7,20,22H,6,8-18H2,1-5H3. The van der Waals surface area contributed by atoms with Crippen LogP contribution in [0.15, 0.2) is 11.6 Å². The van der Waals surface area contributed by atoms with E-state index in [4.69, 9.17) is 0 Å². The van der Waals surface area contributed by atoms with Gasteiger partial charge in [0.15, 0.2) is 0 Å². The van der Waals surface area contributed by atoms with E-state index in [1.54, 1.807) is 0 Å². The summed E-state index contributed by atoms with van der Waals surface area (Å²) in [4.78, 5) is 14.0. The molecule has 0 saturated carbocycles. The maximum Gasteiger partial charge on any atom is 0.250 e. The number of likely N-dealkylation sites (N-methyl/N-ethyl adjacent to an activating group) is 1. The normalized spacial score (nSPS) is 13.1. The maximum absolute atomic E-state index is 12.2. The zero-order valence-electron chi connectivity index (χ0n) is 17.0. The van der Waals surface area contributed by atoms with Gasteiger partial charge < -0.3 is 4.90 Å². The number of nitrogens with one attached hydrogen (secondary N) is 1. The fraction of sp³-hybridized carbons (Fsp3) is 0.857. The highest BCUT2D eigenvalue weighted by molar-refractivity contribution is 5.92. The van der Waals surface area contributed by atoms with Crippen molar-refractivity contribution >= 4 is 5.91 Å². The van der Waals surface area contributed by atoms with Crippen molar-refractivity contribution in [2.45, 2.75) is 104 Å². The van der Waals surface area contributed by atoms with Gasteiger partial charge in [-0.2, -0.15) is 0 Å². The molecule has 1 atom stereocenters. The minimum atomic E-state index is 0.125. The lowest BCUT2D eigenvalue weighted by molar-refractivity contribution is -0.128. The number of allylic oxidation sites excluding steroid dienone is 1. The maximum atomic E-state index is 12.2. The molecule has 0 aromatic rings. The van der Waals surface area contributed by atoms with Crippen molar-refractivity contribution in [1.29, 1.82) is 0 Å². The van der Waals surface area contributed by atoms with Gasteiger partial charge in [-0.05, 0) is 33.2 Å². The third-order valence-electron chi connectivity index (χ3n) is 4.86. The lowest BCUT2D eigenvalue weighted by Gasteiger charge is -2.28. The van der Waals surface area contributed by atoms with Gasteiger partial charge in [-0.15, -0.1) is 0 Å². The van der Waals surface area contributed by atoms with Gasteiger partial charge in [-0.1, -0.05) is 77.7 Å². The van der Waals surface area contributed by atoms with Crippen molar-refractivity contribution in [2.24, 2.45) is 0 Å². The SMILES string of the molecule is CC=C(C)C(=O)N(C)C(CC)NCCCCCCCCCCCC.